The Morgan fingerprint density at radius 2 is 1.74 bits per heavy atom. The van der Waals surface area contributed by atoms with Crippen molar-refractivity contribution in [2.45, 2.75) is 38.1 Å². The normalized spacial score (nSPS) is 12.6. The Morgan fingerprint density at radius 1 is 1.07 bits per heavy atom. The number of benzene rings is 1. The summed E-state index contributed by atoms with van der Waals surface area (Å²) in [5, 5.41) is 1.74. The summed E-state index contributed by atoms with van der Waals surface area (Å²) in [5.74, 6) is -1.01. The summed E-state index contributed by atoms with van der Waals surface area (Å²) in [5.41, 5.74) is 5.54. The van der Waals surface area contributed by atoms with E-state index in [2.05, 4.69) is 15.6 Å². The fourth-order valence-corrected chi connectivity index (χ4v) is 4.15. The molecule has 1 aromatic carbocycles. The van der Waals surface area contributed by atoms with E-state index < -0.39 is 27.9 Å². The molecule has 3 N–H and O–H groups in total. The first kappa shape index (κ1) is 21.1. The van der Waals surface area contributed by atoms with Gasteiger partial charge in [0.15, 0.2) is 0 Å². The third kappa shape index (κ3) is 6.16. The number of nitrogens with one attached hydrogen (secondary N) is 3. The van der Waals surface area contributed by atoms with E-state index in [1.165, 1.54) is 23.5 Å². The van der Waals surface area contributed by atoms with Crippen molar-refractivity contribution in [2.75, 3.05) is 0 Å². The summed E-state index contributed by atoms with van der Waals surface area (Å²) < 4.78 is 27.6. The molecule has 2 rings (SSSR count). The molecule has 0 aliphatic rings. The average Bonchev–Trinajstić information content (AvgIpc) is 3.13. The van der Waals surface area contributed by atoms with Crippen LogP contribution < -0.4 is 15.6 Å². The van der Waals surface area contributed by atoms with Crippen molar-refractivity contribution < 1.29 is 18.0 Å². The van der Waals surface area contributed by atoms with Crippen molar-refractivity contribution in [1.29, 1.82) is 0 Å². The standard InChI is InChI=1S/C18H23N3O4S2/c1-12(2)11-15(17(22)19-20-18(23)16-5-4-10-26-16)21-27(24,25)14-8-6-13(3)7-9-14/h4-10,12,15,21H,11H2,1-3H3,(H,19,22)(H,20,23)/t15-/m1/s1. The van der Waals surface area contributed by atoms with Crippen LogP contribution in [0.15, 0.2) is 46.7 Å². The summed E-state index contributed by atoms with van der Waals surface area (Å²) in [4.78, 5) is 24.9. The molecule has 0 bridgehead atoms. The van der Waals surface area contributed by atoms with Crippen LogP contribution in [0, 0.1) is 12.8 Å². The summed E-state index contributed by atoms with van der Waals surface area (Å²) in [7, 11) is -3.87. The maximum Gasteiger partial charge on any atom is 0.279 e. The van der Waals surface area contributed by atoms with Crippen LogP contribution in [0.5, 0.6) is 0 Å². The Hall–Kier alpha value is -2.23. The van der Waals surface area contributed by atoms with Crippen LogP contribution in [-0.2, 0) is 14.8 Å². The Kier molecular flexibility index (Phi) is 7.11. The number of amides is 2. The number of thiophene rings is 1. The number of hydrogen-bond donors (Lipinski definition) is 3. The molecule has 0 fully saturated rings. The molecule has 1 aromatic heterocycles. The van der Waals surface area contributed by atoms with Crippen LogP contribution in [-0.4, -0.2) is 26.3 Å². The van der Waals surface area contributed by atoms with E-state index in [-0.39, 0.29) is 17.2 Å². The van der Waals surface area contributed by atoms with Gasteiger partial charge < -0.3 is 0 Å². The van der Waals surface area contributed by atoms with E-state index in [0.717, 1.165) is 5.56 Å². The molecule has 0 radical (unpaired) electrons. The van der Waals surface area contributed by atoms with Gasteiger partial charge in [-0.1, -0.05) is 37.6 Å². The number of hydrazine groups is 1. The molecule has 0 aliphatic heterocycles. The predicted octanol–water partition coefficient (Wildman–Crippen LogP) is 2.21. The number of sulfonamides is 1. The number of rotatable bonds is 7. The number of carbonyl (C=O) groups excluding carboxylic acids is 2. The lowest BCUT2D eigenvalue weighted by molar-refractivity contribution is -0.123. The molecule has 0 aliphatic carbocycles. The highest BCUT2D eigenvalue weighted by atomic mass is 32.2. The van der Waals surface area contributed by atoms with E-state index in [9.17, 15) is 18.0 Å². The summed E-state index contributed by atoms with van der Waals surface area (Å²) in [6.07, 6.45) is 0.284. The van der Waals surface area contributed by atoms with Gasteiger partial charge in [0.25, 0.3) is 11.8 Å². The molecule has 0 spiro atoms. The fourth-order valence-electron chi connectivity index (χ4n) is 2.33. The molecule has 0 saturated carbocycles. The number of carbonyl (C=O) groups is 2. The van der Waals surface area contributed by atoms with Gasteiger partial charge in [0, 0.05) is 0 Å². The van der Waals surface area contributed by atoms with Crippen molar-refractivity contribution in [1.82, 2.24) is 15.6 Å². The molecule has 7 nitrogen and oxygen atoms in total. The van der Waals surface area contributed by atoms with Crippen LogP contribution >= 0.6 is 11.3 Å². The monoisotopic (exact) mass is 409 g/mol. The highest BCUT2D eigenvalue weighted by Crippen LogP contribution is 2.13. The zero-order chi connectivity index (χ0) is 20.0. The van der Waals surface area contributed by atoms with Gasteiger partial charge in [-0.3, -0.25) is 20.4 Å². The number of aryl methyl sites for hydroxylation is 1. The second kappa shape index (κ2) is 9.12. The third-order valence-corrected chi connectivity index (χ3v) is 6.05. The van der Waals surface area contributed by atoms with Gasteiger partial charge in [-0.25, -0.2) is 8.42 Å². The quantitative estimate of drug-likeness (QED) is 0.610. The zero-order valence-electron chi connectivity index (χ0n) is 15.4. The van der Waals surface area contributed by atoms with E-state index >= 15 is 0 Å². The van der Waals surface area contributed by atoms with Gasteiger partial charge in [-0.15, -0.1) is 11.3 Å². The van der Waals surface area contributed by atoms with Crippen LogP contribution in [0.1, 0.15) is 35.5 Å². The number of hydrogen-bond acceptors (Lipinski definition) is 5. The van der Waals surface area contributed by atoms with Crippen molar-refractivity contribution in [3.8, 4) is 0 Å². The maximum atomic E-state index is 12.6. The van der Waals surface area contributed by atoms with Crippen molar-refractivity contribution in [3.05, 3.63) is 52.2 Å². The van der Waals surface area contributed by atoms with Crippen LogP contribution in [0.25, 0.3) is 0 Å². The van der Waals surface area contributed by atoms with Crippen molar-refractivity contribution >= 4 is 33.2 Å². The van der Waals surface area contributed by atoms with Gasteiger partial charge in [-0.2, -0.15) is 4.72 Å². The molecule has 0 unspecified atom stereocenters. The molecular formula is C18H23N3O4S2. The Morgan fingerprint density at radius 3 is 2.30 bits per heavy atom. The molecule has 0 saturated heterocycles. The van der Waals surface area contributed by atoms with Gasteiger partial charge in [0.2, 0.25) is 10.0 Å². The Bertz CT molecular complexity index is 876. The SMILES string of the molecule is Cc1ccc(S(=O)(=O)N[C@H](CC(C)C)C(=O)NNC(=O)c2cccs2)cc1. The Balaban J connectivity index is 2.08. The topological polar surface area (TPSA) is 104 Å². The zero-order valence-corrected chi connectivity index (χ0v) is 17.0. The molecular weight excluding hydrogens is 386 g/mol. The van der Waals surface area contributed by atoms with Crippen LogP contribution in [0.3, 0.4) is 0 Å². The van der Waals surface area contributed by atoms with E-state index in [1.807, 2.05) is 20.8 Å². The van der Waals surface area contributed by atoms with Crippen molar-refractivity contribution in [3.63, 3.8) is 0 Å². The fraction of sp³-hybridized carbons (Fsp3) is 0.333. The van der Waals surface area contributed by atoms with Gasteiger partial charge in [-0.05, 0) is 42.8 Å². The first-order valence-corrected chi connectivity index (χ1v) is 10.8. The minimum Gasteiger partial charge on any atom is -0.271 e. The summed E-state index contributed by atoms with van der Waals surface area (Å²) in [6.45, 7) is 5.62. The molecule has 2 amide bonds. The molecule has 1 atom stereocenters. The second-order valence-corrected chi connectivity index (χ2v) is 9.20. The molecule has 1 heterocycles. The lowest BCUT2D eigenvalue weighted by Gasteiger charge is -2.20. The lowest BCUT2D eigenvalue weighted by Crippen LogP contribution is -2.52. The highest BCUT2D eigenvalue weighted by Gasteiger charge is 2.27. The largest absolute Gasteiger partial charge is 0.279 e. The van der Waals surface area contributed by atoms with Gasteiger partial charge in [0.05, 0.1) is 9.77 Å². The van der Waals surface area contributed by atoms with Gasteiger partial charge >= 0.3 is 0 Å². The predicted molar refractivity (Wildman–Crippen MR) is 105 cm³/mol. The molecule has 146 valence electrons. The third-order valence-electron chi connectivity index (χ3n) is 3.70. The first-order chi connectivity index (χ1) is 12.7. The van der Waals surface area contributed by atoms with E-state index in [0.29, 0.717) is 4.88 Å². The van der Waals surface area contributed by atoms with Crippen molar-refractivity contribution in [2.24, 2.45) is 5.92 Å². The van der Waals surface area contributed by atoms with Crippen LogP contribution in [0.4, 0.5) is 0 Å². The first-order valence-electron chi connectivity index (χ1n) is 8.41. The van der Waals surface area contributed by atoms with Gasteiger partial charge in [0.1, 0.15) is 6.04 Å². The second-order valence-electron chi connectivity index (χ2n) is 6.54. The summed E-state index contributed by atoms with van der Waals surface area (Å²) >= 11 is 1.24. The minimum absolute atomic E-state index is 0.0643. The molecule has 9 heteroatoms. The van der Waals surface area contributed by atoms with E-state index in [4.69, 9.17) is 0 Å². The minimum atomic E-state index is -3.87. The Labute approximate surface area is 163 Å². The highest BCUT2D eigenvalue weighted by molar-refractivity contribution is 7.89. The molecule has 2 aromatic rings. The smallest absolute Gasteiger partial charge is 0.271 e. The maximum absolute atomic E-state index is 12.6. The lowest BCUT2D eigenvalue weighted by atomic mass is 10.0. The van der Waals surface area contributed by atoms with Crippen LogP contribution in [0.2, 0.25) is 0 Å². The summed E-state index contributed by atoms with van der Waals surface area (Å²) in [6, 6.07) is 8.68. The van der Waals surface area contributed by atoms with E-state index in [1.54, 1.807) is 29.6 Å². The molecule has 27 heavy (non-hydrogen) atoms. The average molecular weight is 410 g/mol.